The molecule has 0 fully saturated rings. The molecule has 0 aromatic heterocycles. The maximum absolute atomic E-state index is 11.1. The molecule has 0 atom stereocenters. The van der Waals surface area contributed by atoms with Gasteiger partial charge < -0.3 is 0 Å². The van der Waals surface area contributed by atoms with Crippen molar-refractivity contribution in [2.75, 3.05) is 0 Å². The van der Waals surface area contributed by atoms with Crippen LogP contribution in [0.1, 0.15) is 0 Å². The summed E-state index contributed by atoms with van der Waals surface area (Å²) in [5.74, 6) is -0.424. The molecule has 0 bridgehead atoms. The van der Waals surface area contributed by atoms with Gasteiger partial charge in [-0.25, -0.2) is 15.4 Å². The molecule has 12 heavy (non-hydrogen) atoms. The molecule has 1 aliphatic heterocycles. The van der Waals surface area contributed by atoms with Gasteiger partial charge in [-0.2, -0.15) is 0 Å². The summed E-state index contributed by atoms with van der Waals surface area (Å²) < 4.78 is 0. The highest BCUT2D eigenvalue weighted by molar-refractivity contribution is 6.05. The van der Waals surface area contributed by atoms with Gasteiger partial charge >= 0.3 is 6.03 Å². The number of nitrogens with one attached hydrogen (secondary N) is 1. The Balaban J connectivity index is 3.13. The Morgan fingerprint density at radius 1 is 1.25 bits per heavy atom. The van der Waals surface area contributed by atoms with Gasteiger partial charge in [-0.15, -0.1) is 0 Å². The van der Waals surface area contributed by atoms with E-state index in [0.717, 1.165) is 0 Å². The zero-order valence-electron chi connectivity index (χ0n) is 6.46. The molecular weight excluding hydrogens is 156 g/mol. The van der Waals surface area contributed by atoms with E-state index in [0.29, 0.717) is 11.3 Å². The van der Waals surface area contributed by atoms with Gasteiger partial charge in [0.05, 0.1) is 0 Å². The van der Waals surface area contributed by atoms with Crippen molar-refractivity contribution in [3.8, 4) is 0 Å². The number of hydrogen-bond acceptors (Lipinski definition) is 2. The second-order valence-electron chi connectivity index (χ2n) is 2.24. The number of rotatable bonds is 2. The monoisotopic (exact) mass is 165 g/mol. The van der Waals surface area contributed by atoms with E-state index < -0.39 is 11.9 Å². The van der Waals surface area contributed by atoms with Crippen molar-refractivity contribution in [3.63, 3.8) is 0 Å². The lowest BCUT2D eigenvalue weighted by atomic mass is 10.1. The van der Waals surface area contributed by atoms with Crippen LogP contribution in [-0.2, 0) is 4.79 Å². The van der Waals surface area contributed by atoms with Crippen molar-refractivity contribution in [1.82, 2.24) is 5.32 Å². The molecule has 3 N–H and O–H groups in total. The first-order chi connectivity index (χ1) is 5.69. The fourth-order valence-electron chi connectivity index (χ4n) is 0.945. The predicted molar refractivity (Wildman–Crippen MR) is 42.9 cm³/mol. The van der Waals surface area contributed by atoms with Gasteiger partial charge in [0.25, 0.3) is 5.91 Å². The highest BCUT2D eigenvalue weighted by Crippen LogP contribution is 2.02. The minimum absolute atomic E-state index is 0.379. The minimum Gasteiger partial charge on any atom is -0.268 e. The maximum Gasteiger partial charge on any atom is 0.425 e. The van der Waals surface area contributed by atoms with Crippen LogP contribution in [0.15, 0.2) is 36.6 Å². The van der Waals surface area contributed by atoms with E-state index in [4.69, 9.17) is 0 Å². The smallest absolute Gasteiger partial charge is 0.268 e. The maximum atomic E-state index is 11.1. The molecule has 1 rings (SSSR count). The van der Waals surface area contributed by atoms with Gasteiger partial charge in [-0.05, 0) is 6.08 Å². The topological polar surface area (TPSA) is 62.8 Å². The third-order valence-corrected chi connectivity index (χ3v) is 1.50. The Bertz CT molecular complexity index is 302. The average Bonchev–Trinajstić information content (AvgIpc) is 2.03. The Morgan fingerprint density at radius 2 is 1.92 bits per heavy atom. The SMILES string of the molecule is C=CC1=C(C=C)C(=O)NC(=O)[NH2+]1. The number of quaternary nitrogens is 1. The number of allylic oxidation sites excluding steroid dienone is 1. The minimum atomic E-state index is -0.424. The largest absolute Gasteiger partial charge is 0.425 e. The van der Waals surface area contributed by atoms with Crippen LogP contribution in [0.2, 0.25) is 0 Å². The fraction of sp³-hybridized carbons (Fsp3) is 0. The van der Waals surface area contributed by atoms with Crippen molar-refractivity contribution in [3.05, 3.63) is 36.6 Å². The van der Waals surface area contributed by atoms with Crippen molar-refractivity contribution >= 4 is 11.9 Å². The normalized spacial score (nSPS) is 17.3. The van der Waals surface area contributed by atoms with Crippen molar-refractivity contribution < 1.29 is 14.9 Å². The third-order valence-electron chi connectivity index (χ3n) is 1.50. The number of imide groups is 1. The van der Waals surface area contributed by atoms with Gasteiger partial charge in [0.1, 0.15) is 5.57 Å². The van der Waals surface area contributed by atoms with Crippen LogP contribution >= 0.6 is 0 Å². The van der Waals surface area contributed by atoms with E-state index in [1.165, 1.54) is 17.5 Å². The van der Waals surface area contributed by atoms with Crippen molar-refractivity contribution in [2.45, 2.75) is 0 Å². The van der Waals surface area contributed by atoms with Gasteiger partial charge in [-0.3, -0.25) is 4.79 Å². The summed E-state index contributed by atoms with van der Waals surface area (Å²) in [5.41, 5.74) is 0.892. The lowest BCUT2D eigenvalue weighted by Gasteiger charge is -2.10. The molecule has 0 aromatic rings. The van der Waals surface area contributed by atoms with Gasteiger partial charge in [0.2, 0.25) is 0 Å². The summed E-state index contributed by atoms with van der Waals surface area (Å²) >= 11 is 0. The molecule has 4 nitrogen and oxygen atoms in total. The lowest BCUT2D eigenvalue weighted by molar-refractivity contribution is -0.499. The molecule has 1 aliphatic rings. The highest BCUT2D eigenvalue weighted by atomic mass is 16.2. The molecule has 0 aliphatic carbocycles. The Morgan fingerprint density at radius 3 is 2.42 bits per heavy atom. The summed E-state index contributed by atoms with van der Waals surface area (Å²) in [6.07, 6.45) is 2.85. The van der Waals surface area contributed by atoms with E-state index in [-0.39, 0.29) is 0 Å². The Labute approximate surface area is 69.6 Å². The van der Waals surface area contributed by atoms with Crippen molar-refractivity contribution in [2.24, 2.45) is 0 Å². The number of carbonyl (C=O) groups is 2. The Hall–Kier alpha value is -1.68. The predicted octanol–water partition coefficient (Wildman–Crippen LogP) is -0.574. The molecular formula is C8H9N2O2+. The van der Waals surface area contributed by atoms with E-state index in [1.54, 1.807) is 0 Å². The molecule has 0 saturated heterocycles. The molecule has 0 radical (unpaired) electrons. The molecule has 0 aromatic carbocycles. The molecule has 0 saturated carbocycles. The van der Waals surface area contributed by atoms with Gasteiger partial charge in [0, 0.05) is 0 Å². The summed E-state index contributed by atoms with van der Waals surface area (Å²) in [4.78, 5) is 21.9. The average molecular weight is 165 g/mol. The van der Waals surface area contributed by atoms with Crippen LogP contribution in [0.4, 0.5) is 4.79 Å². The number of carbonyl (C=O) groups excluding carboxylic acids is 2. The molecule has 0 unspecified atom stereocenters. The molecule has 62 valence electrons. The van der Waals surface area contributed by atoms with Crippen LogP contribution < -0.4 is 10.6 Å². The number of hydrogen-bond donors (Lipinski definition) is 2. The Kier molecular flexibility index (Phi) is 2.21. The van der Waals surface area contributed by atoms with E-state index in [9.17, 15) is 9.59 Å². The van der Waals surface area contributed by atoms with Gasteiger partial charge in [-0.1, -0.05) is 19.2 Å². The second-order valence-corrected chi connectivity index (χ2v) is 2.24. The first kappa shape index (κ1) is 8.42. The summed E-state index contributed by atoms with van der Waals surface area (Å²) in [6, 6.07) is -0.416. The van der Waals surface area contributed by atoms with Crippen LogP contribution in [0.3, 0.4) is 0 Å². The highest BCUT2D eigenvalue weighted by Gasteiger charge is 2.25. The van der Waals surface area contributed by atoms with Gasteiger partial charge in [0.15, 0.2) is 5.70 Å². The molecule has 0 spiro atoms. The number of nitrogens with two attached hydrogens (primary N) is 1. The van der Waals surface area contributed by atoms with Crippen LogP contribution in [0, 0.1) is 0 Å². The van der Waals surface area contributed by atoms with Crippen LogP contribution in [0.25, 0.3) is 0 Å². The molecule has 3 amide bonds. The quantitative estimate of drug-likeness (QED) is 0.575. The summed E-state index contributed by atoms with van der Waals surface area (Å²) in [6.45, 7) is 6.94. The van der Waals surface area contributed by atoms with Crippen LogP contribution in [0.5, 0.6) is 0 Å². The van der Waals surface area contributed by atoms with Crippen molar-refractivity contribution in [1.29, 1.82) is 0 Å². The van der Waals surface area contributed by atoms with Crippen LogP contribution in [-0.4, -0.2) is 11.9 Å². The number of amides is 3. The van der Waals surface area contributed by atoms with E-state index in [1.807, 2.05) is 0 Å². The zero-order chi connectivity index (χ0) is 9.14. The zero-order valence-corrected chi connectivity index (χ0v) is 6.46. The first-order valence-electron chi connectivity index (χ1n) is 3.38. The number of urea groups is 1. The second kappa shape index (κ2) is 3.15. The van der Waals surface area contributed by atoms with E-state index >= 15 is 0 Å². The standard InChI is InChI=1S/C8H8N2O2/c1-3-5-6(4-2)9-8(12)10-7(5)11/h3-4H,1-2H2,(H2,9,10,11,12)/p+1. The lowest BCUT2D eigenvalue weighted by Crippen LogP contribution is -2.91. The number of primary amides is 1. The fourth-order valence-corrected chi connectivity index (χ4v) is 0.945. The molecule has 1 heterocycles. The third kappa shape index (κ3) is 1.33. The molecule has 4 heteroatoms. The van der Waals surface area contributed by atoms with E-state index in [2.05, 4.69) is 18.5 Å². The summed E-state index contributed by atoms with van der Waals surface area (Å²) in [7, 11) is 0. The first-order valence-corrected chi connectivity index (χ1v) is 3.38. The summed E-state index contributed by atoms with van der Waals surface area (Å²) in [5, 5.41) is 3.45.